The van der Waals surface area contributed by atoms with Crippen LogP contribution < -0.4 is 5.32 Å². The van der Waals surface area contributed by atoms with E-state index in [0.717, 1.165) is 35.5 Å². The minimum absolute atomic E-state index is 0.810. The van der Waals surface area contributed by atoms with Gasteiger partial charge in [-0.2, -0.15) is 5.10 Å². The molecule has 0 spiro atoms. The molecule has 0 aliphatic carbocycles. The lowest BCUT2D eigenvalue weighted by Gasteiger charge is -2.05. The van der Waals surface area contributed by atoms with E-state index >= 15 is 0 Å². The molecule has 5 nitrogen and oxygen atoms in total. The van der Waals surface area contributed by atoms with Crippen LogP contribution in [0.3, 0.4) is 0 Å². The summed E-state index contributed by atoms with van der Waals surface area (Å²) in [4.78, 5) is 8.67. The van der Waals surface area contributed by atoms with Gasteiger partial charge in [-0.1, -0.05) is 30.4 Å². The van der Waals surface area contributed by atoms with Crippen molar-refractivity contribution in [2.75, 3.05) is 11.9 Å². The van der Waals surface area contributed by atoms with Crippen molar-refractivity contribution in [3.8, 4) is 5.69 Å². The van der Waals surface area contributed by atoms with Crippen molar-refractivity contribution in [1.29, 1.82) is 0 Å². The van der Waals surface area contributed by atoms with Crippen LogP contribution in [0.25, 0.3) is 16.7 Å². The molecule has 0 radical (unpaired) electrons. The lowest BCUT2D eigenvalue weighted by atomic mass is 10.3. The summed E-state index contributed by atoms with van der Waals surface area (Å²) in [7, 11) is 0. The zero-order valence-electron chi connectivity index (χ0n) is 11.9. The summed E-state index contributed by atoms with van der Waals surface area (Å²) in [5.74, 6) is 0.826. The predicted octanol–water partition coefficient (Wildman–Crippen LogP) is 3.19. The van der Waals surface area contributed by atoms with Gasteiger partial charge in [0.1, 0.15) is 12.1 Å². The highest BCUT2D eigenvalue weighted by atomic mass is 15.3. The molecule has 0 aliphatic rings. The molecular formula is C16H17N5. The van der Waals surface area contributed by atoms with Crippen LogP contribution in [0.1, 0.15) is 13.3 Å². The van der Waals surface area contributed by atoms with Gasteiger partial charge >= 0.3 is 0 Å². The third-order valence-electron chi connectivity index (χ3n) is 3.21. The normalized spacial score (nSPS) is 11.3. The van der Waals surface area contributed by atoms with Gasteiger partial charge in [0.25, 0.3) is 0 Å². The molecule has 0 unspecified atom stereocenters. The predicted molar refractivity (Wildman–Crippen MR) is 84.6 cm³/mol. The molecule has 106 valence electrons. The number of hydrogen-bond donors (Lipinski definition) is 1. The fourth-order valence-electron chi connectivity index (χ4n) is 2.18. The summed E-state index contributed by atoms with van der Waals surface area (Å²) in [5.41, 5.74) is 1.80. The van der Waals surface area contributed by atoms with Gasteiger partial charge in [-0.3, -0.25) is 0 Å². The van der Waals surface area contributed by atoms with Gasteiger partial charge in [0.05, 0.1) is 17.3 Å². The average Bonchev–Trinajstić information content (AvgIpc) is 2.97. The summed E-state index contributed by atoms with van der Waals surface area (Å²) in [6.07, 6.45) is 8.51. The number of hydrogen-bond acceptors (Lipinski definition) is 4. The molecule has 3 aromatic rings. The zero-order chi connectivity index (χ0) is 14.5. The Morgan fingerprint density at radius 1 is 1.19 bits per heavy atom. The molecular weight excluding hydrogens is 262 g/mol. The van der Waals surface area contributed by atoms with Gasteiger partial charge in [-0.25, -0.2) is 14.6 Å². The van der Waals surface area contributed by atoms with Gasteiger partial charge in [0, 0.05) is 6.54 Å². The van der Waals surface area contributed by atoms with Crippen LogP contribution in [0.2, 0.25) is 0 Å². The van der Waals surface area contributed by atoms with Crippen molar-refractivity contribution < 1.29 is 0 Å². The van der Waals surface area contributed by atoms with Crippen molar-refractivity contribution >= 4 is 16.9 Å². The highest BCUT2D eigenvalue weighted by Crippen LogP contribution is 2.21. The van der Waals surface area contributed by atoms with Crippen LogP contribution in [0.15, 0.2) is 55.0 Å². The maximum Gasteiger partial charge on any atom is 0.168 e. The van der Waals surface area contributed by atoms with Crippen molar-refractivity contribution in [2.24, 2.45) is 0 Å². The van der Waals surface area contributed by atoms with Gasteiger partial charge in [-0.05, 0) is 25.5 Å². The lowest BCUT2D eigenvalue weighted by Crippen LogP contribution is -2.03. The Morgan fingerprint density at radius 2 is 2.05 bits per heavy atom. The maximum absolute atomic E-state index is 4.43. The Balaban J connectivity index is 1.93. The summed E-state index contributed by atoms with van der Waals surface area (Å²) in [5, 5.41) is 8.69. The Labute approximate surface area is 123 Å². The summed E-state index contributed by atoms with van der Waals surface area (Å²) >= 11 is 0. The van der Waals surface area contributed by atoms with E-state index in [1.165, 1.54) is 0 Å². The van der Waals surface area contributed by atoms with Gasteiger partial charge in [0.15, 0.2) is 5.65 Å². The summed E-state index contributed by atoms with van der Waals surface area (Å²) < 4.78 is 1.83. The minimum Gasteiger partial charge on any atom is -0.369 e. The van der Waals surface area contributed by atoms with E-state index in [0.29, 0.717) is 0 Å². The van der Waals surface area contributed by atoms with Crippen LogP contribution in [0.5, 0.6) is 0 Å². The van der Waals surface area contributed by atoms with Gasteiger partial charge in [0.2, 0.25) is 0 Å². The Hall–Kier alpha value is -2.69. The first kappa shape index (κ1) is 13.3. The molecule has 1 N–H and O–H groups in total. The number of aromatic nitrogens is 4. The molecule has 2 heterocycles. The second-order valence-electron chi connectivity index (χ2n) is 4.64. The lowest BCUT2D eigenvalue weighted by molar-refractivity contribution is 0.895. The number of allylic oxidation sites excluding steroid dienone is 1. The van der Waals surface area contributed by atoms with E-state index in [9.17, 15) is 0 Å². The molecule has 0 amide bonds. The number of para-hydroxylation sites is 1. The number of anilines is 1. The molecule has 0 fully saturated rings. The first-order valence-electron chi connectivity index (χ1n) is 6.99. The average molecular weight is 279 g/mol. The topological polar surface area (TPSA) is 55.6 Å². The number of nitrogens with one attached hydrogen (secondary N) is 1. The molecule has 1 aromatic carbocycles. The second-order valence-corrected chi connectivity index (χ2v) is 4.64. The monoisotopic (exact) mass is 279 g/mol. The quantitative estimate of drug-likeness (QED) is 0.575. The Kier molecular flexibility index (Phi) is 3.91. The van der Waals surface area contributed by atoms with Gasteiger partial charge in [-0.15, -0.1) is 0 Å². The molecule has 0 atom stereocenters. The SMILES string of the molecule is C/C=C/CCNc1ncnc2c1cnn2-c1ccccc1. The Bertz CT molecular complexity index is 746. The maximum atomic E-state index is 4.43. The molecule has 0 bridgehead atoms. The highest BCUT2D eigenvalue weighted by molar-refractivity contribution is 5.87. The number of rotatable bonds is 5. The van der Waals surface area contributed by atoms with Crippen LogP contribution in [0, 0.1) is 0 Å². The third kappa shape index (κ3) is 2.76. The van der Waals surface area contributed by atoms with Crippen LogP contribution >= 0.6 is 0 Å². The van der Waals surface area contributed by atoms with E-state index in [-0.39, 0.29) is 0 Å². The molecule has 2 aromatic heterocycles. The standard InChI is InChI=1S/C16H17N5/c1-2-3-7-10-17-15-14-11-20-21(16(14)19-12-18-15)13-8-5-4-6-9-13/h2-6,8-9,11-12H,7,10H2,1H3,(H,17,18,19)/b3-2+. The summed E-state index contributed by atoms with van der Waals surface area (Å²) in [6, 6.07) is 9.97. The fourth-order valence-corrected chi connectivity index (χ4v) is 2.18. The van der Waals surface area contributed by atoms with Crippen LogP contribution in [-0.2, 0) is 0 Å². The molecule has 3 rings (SSSR count). The molecule has 5 heteroatoms. The van der Waals surface area contributed by atoms with E-state index < -0.39 is 0 Å². The van der Waals surface area contributed by atoms with E-state index in [1.54, 1.807) is 12.5 Å². The van der Waals surface area contributed by atoms with Crippen molar-refractivity contribution in [3.63, 3.8) is 0 Å². The molecule has 21 heavy (non-hydrogen) atoms. The molecule has 0 saturated carbocycles. The number of fused-ring (bicyclic) bond motifs is 1. The van der Waals surface area contributed by atoms with E-state index in [4.69, 9.17) is 0 Å². The smallest absolute Gasteiger partial charge is 0.168 e. The zero-order valence-corrected chi connectivity index (χ0v) is 11.9. The van der Waals surface area contributed by atoms with Crippen molar-refractivity contribution in [1.82, 2.24) is 19.7 Å². The van der Waals surface area contributed by atoms with Crippen LogP contribution in [0.4, 0.5) is 5.82 Å². The molecule has 0 saturated heterocycles. The first-order chi connectivity index (χ1) is 10.4. The van der Waals surface area contributed by atoms with Crippen LogP contribution in [-0.4, -0.2) is 26.3 Å². The fraction of sp³-hybridized carbons (Fsp3) is 0.188. The number of nitrogens with zero attached hydrogens (tertiary/aromatic N) is 4. The highest BCUT2D eigenvalue weighted by Gasteiger charge is 2.10. The number of benzene rings is 1. The third-order valence-corrected chi connectivity index (χ3v) is 3.21. The first-order valence-corrected chi connectivity index (χ1v) is 6.99. The van der Waals surface area contributed by atoms with Crippen molar-refractivity contribution in [2.45, 2.75) is 13.3 Å². The van der Waals surface area contributed by atoms with Crippen molar-refractivity contribution in [3.05, 3.63) is 55.0 Å². The Morgan fingerprint density at radius 3 is 2.86 bits per heavy atom. The second kappa shape index (κ2) is 6.17. The van der Waals surface area contributed by atoms with E-state index in [1.807, 2.05) is 48.0 Å². The van der Waals surface area contributed by atoms with E-state index in [2.05, 4.69) is 26.5 Å². The molecule has 0 aliphatic heterocycles. The minimum atomic E-state index is 0.810. The largest absolute Gasteiger partial charge is 0.369 e. The van der Waals surface area contributed by atoms with Gasteiger partial charge < -0.3 is 5.32 Å². The summed E-state index contributed by atoms with van der Waals surface area (Å²) in [6.45, 7) is 2.86.